The second-order valence-electron chi connectivity index (χ2n) is 6.24. The number of nitrogens with two attached hydrogens (primary N) is 1. The van der Waals surface area contributed by atoms with E-state index in [9.17, 15) is 4.79 Å². The first-order valence-corrected chi connectivity index (χ1v) is 7.69. The van der Waals surface area contributed by atoms with Crippen molar-refractivity contribution in [3.8, 4) is 0 Å². The lowest BCUT2D eigenvalue weighted by molar-refractivity contribution is -0.133. The van der Waals surface area contributed by atoms with Crippen LogP contribution in [0.5, 0.6) is 0 Å². The molecule has 3 rings (SSSR count). The molecule has 1 aromatic heterocycles. The molecule has 118 valence electrons. The molecule has 22 heavy (non-hydrogen) atoms. The minimum atomic E-state index is -0.407. The van der Waals surface area contributed by atoms with Crippen LogP contribution in [0.3, 0.4) is 0 Å². The number of H-pyrrole nitrogens is 1. The van der Waals surface area contributed by atoms with Gasteiger partial charge in [-0.1, -0.05) is 6.07 Å². The number of rotatable bonds is 3. The van der Waals surface area contributed by atoms with Crippen LogP contribution in [0.15, 0.2) is 18.3 Å². The molecular formula is C16H23N5O. The summed E-state index contributed by atoms with van der Waals surface area (Å²) in [7, 11) is 4.02. The van der Waals surface area contributed by atoms with Gasteiger partial charge in [0.25, 0.3) is 0 Å². The number of aromatic nitrogens is 2. The van der Waals surface area contributed by atoms with Gasteiger partial charge in [0.05, 0.1) is 17.8 Å². The van der Waals surface area contributed by atoms with E-state index in [1.807, 2.05) is 25.2 Å². The van der Waals surface area contributed by atoms with Crippen molar-refractivity contribution < 1.29 is 4.79 Å². The molecule has 0 fully saturated rings. The Labute approximate surface area is 130 Å². The zero-order chi connectivity index (χ0) is 15.7. The van der Waals surface area contributed by atoms with Gasteiger partial charge in [-0.05, 0) is 44.1 Å². The Bertz CT molecular complexity index is 678. The van der Waals surface area contributed by atoms with Gasteiger partial charge in [-0.25, -0.2) is 0 Å². The van der Waals surface area contributed by atoms with Gasteiger partial charge in [0.15, 0.2) is 0 Å². The molecule has 1 aliphatic rings. The van der Waals surface area contributed by atoms with Crippen LogP contribution in [0.4, 0.5) is 0 Å². The summed E-state index contributed by atoms with van der Waals surface area (Å²) < 4.78 is 0. The van der Waals surface area contributed by atoms with Crippen molar-refractivity contribution in [1.82, 2.24) is 20.0 Å². The van der Waals surface area contributed by atoms with Crippen molar-refractivity contribution in [3.63, 3.8) is 0 Å². The maximum atomic E-state index is 12.6. The lowest BCUT2D eigenvalue weighted by atomic mass is 9.94. The first-order chi connectivity index (χ1) is 10.6. The monoisotopic (exact) mass is 301 g/mol. The van der Waals surface area contributed by atoms with Gasteiger partial charge in [-0.15, -0.1) is 0 Å². The van der Waals surface area contributed by atoms with Crippen molar-refractivity contribution in [2.75, 3.05) is 27.2 Å². The van der Waals surface area contributed by atoms with Gasteiger partial charge in [0, 0.05) is 25.0 Å². The highest BCUT2D eigenvalue weighted by Gasteiger charge is 2.26. The third-order valence-electron chi connectivity index (χ3n) is 4.35. The smallest absolute Gasteiger partial charge is 0.239 e. The van der Waals surface area contributed by atoms with Crippen LogP contribution in [0, 0.1) is 0 Å². The van der Waals surface area contributed by atoms with Crippen molar-refractivity contribution in [3.05, 3.63) is 29.5 Å². The van der Waals surface area contributed by atoms with E-state index in [-0.39, 0.29) is 5.91 Å². The predicted molar refractivity (Wildman–Crippen MR) is 86.4 cm³/mol. The summed E-state index contributed by atoms with van der Waals surface area (Å²) >= 11 is 0. The average molecular weight is 301 g/mol. The Kier molecular flexibility index (Phi) is 4.13. The summed E-state index contributed by atoms with van der Waals surface area (Å²) in [6, 6.07) is 3.78. The Morgan fingerprint density at radius 3 is 3.05 bits per heavy atom. The van der Waals surface area contributed by atoms with Gasteiger partial charge >= 0.3 is 0 Å². The fourth-order valence-electron chi connectivity index (χ4n) is 2.99. The van der Waals surface area contributed by atoms with Crippen molar-refractivity contribution in [2.45, 2.75) is 25.4 Å². The van der Waals surface area contributed by atoms with E-state index >= 15 is 0 Å². The average Bonchev–Trinajstić information content (AvgIpc) is 2.96. The van der Waals surface area contributed by atoms with Crippen LogP contribution in [0.25, 0.3) is 10.9 Å². The van der Waals surface area contributed by atoms with Crippen LogP contribution >= 0.6 is 0 Å². The van der Waals surface area contributed by atoms with Gasteiger partial charge in [-0.3, -0.25) is 9.89 Å². The molecule has 1 aliphatic heterocycles. The fraction of sp³-hybridized carbons (Fsp3) is 0.500. The van der Waals surface area contributed by atoms with E-state index in [0.717, 1.165) is 23.9 Å². The van der Waals surface area contributed by atoms with E-state index in [0.29, 0.717) is 19.5 Å². The molecule has 0 spiro atoms. The standard InChI is InChI=1S/C16H23N5O/c1-20(2)7-8-21-10-13-11(3-5-14(17)16(21)22)4-6-15-12(13)9-18-19-15/h4,6,9,14H,3,5,7-8,10,17H2,1-2H3,(H,18,19)/t14-/m1/s1. The van der Waals surface area contributed by atoms with E-state index < -0.39 is 6.04 Å². The number of aromatic amines is 1. The van der Waals surface area contributed by atoms with Crippen LogP contribution in [0.2, 0.25) is 0 Å². The summed E-state index contributed by atoms with van der Waals surface area (Å²) in [6.07, 6.45) is 3.38. The minimum Gasteiger partial charge on any atom is -0.336 e. The largest absolute Gasteiger partial charge is 0.336 e. The quantitative estimate of drug-likeness (QED) is 0.876. The number of hydrogen-bond acceptors (Lipinski definition) is 4. The molecule has 1 aromatic carbocycles. The molecular weight excluding hydrogens is 278 g/mol. The van der Waals surface area contributed by atoms with Crippen molar-refractivity contribution >= 4 is 16.8 Å². The molecule has 1 amide bonds. The molecule has 0 saturated heterocycles. The summed E-state index contributed by atoms with van der Waals surface area (Å²) in [5.41, 5.74) is 9.56. The molecule has 1 atom stereocenters. The summed E-state index contributed by atoms with van der Waals surface area (Å²) in [5, 5.41) is 8.25. The maximum absolute atomic E-state index is 12.6. The summed E-state index contributed by atoms with van der Waals surface area (Å²) in [5.74, 6) is 0.0491. The van der Waals surface area contributed by atoms with E-state index in [1.54, 1.807) is 0 Å². The van der Waals surface area contributed by atoms with E-state index in [1.165, 1.54) is 11.1 Å². The zero-order valence-corrected chi connectivity index (χ0v) is 13.2. The molecule has 0 bridgehead atoms. The Hall–Kier alpha value is -1.92. The number of carbonyl (C=O) groups excluding carboxylic acids is 1. The minimum absolute atomic E-state index is 0.0491. The van der Waals surface area contributed by atoms with Crippen LogP contribution < -0.4 is 5.73 Å². The number of nitrogens with zero attached hydrogens (tertiary/aromatic N) is 3. The molecule has 0 aliphatic carbocycles. The number of amides is 1. The Balaban J connectivity index is 1.97. The number of hydrogen-bond donors (Lipinski definition) is 2. The molecule has 3 N–H and O–H groups in total. The Morgan fingerprint density at radius 2 is 2.27 bits per heavy atom. The number of benzene rings is 1. The normalized spacial score (nSPS) is 19.4. The van der Waals surface area contributed by atoms with Crippen LogP contribution in [-0.2, 0) is 17.8 Å². The molecule has 6 heteroatoms. The lowest BCUT2D eigenvalue weighted by Gasteiger charge is -2.30. The van der Waals surface area contributed by atoms with Crippen molar-refractivity contribution in [1.29, 1.82) is 0 Å². The van der Waals surface area contributed by atoms with Gasteiger partial charge in [0.2, 0.25) is 5.91 Å². The van der Waals surface area contributed by atoms with E-state index in [4.69, 9.17) is 5.73 Å². The SMILES string of the molecule is CN(C)CCN1Cc2c(ccc3[nH]ncc23)CC[C@@H](N)C1=O. The summed E-state index contributed by atoms with van der Waals surface area (Å²) in [6.45, 7) is 2.12. The molecule has 6 nitrogen and oxygen atoms in total. The number of aryl methyl sites for hydroxylation is 1. The highest BCUT2D eigenvalue weighted by atomic mass is 16.2. The highest BCUT2D eigenvalue weighted by Crippen LogP contribution is 2.26. The lowest BCUT2D eigenvalue weighted by Crippen LogP contribution is -2.47. The van der Waals surface area contributed by atoms with Crippen LogP contribution in [0.1, 0.15) is 17.5 Å². The van der Waals surface area contributed by atoms with Crippen molar-refractivity contribution in [2.24, 2.45) is 5.73 Å². The number of carbonyl (C=O) groups is 1. The third kappa shape index (κ3) is 2.84. The molecule has 0 unspecified atom stereocenters. The summed E-state index contributed by atoms with van der Waals surface area (Å²) in [4.78, 5) is 16.5. The topological polar surface area (TPSA) is 78.2 Å². The second-order valence-corrected chi connectivity index (χ2v) is 6.24. The van der Waals surface area contributed by atoms with Gasteiger partial charge in [0.1, 0.15) is 0 Å². The third-order valence-corrected chi connectivity index (χ3v) is 4.35. The second kappa shape index (κ2) is 6.06. The Morgan fingerprint density at radius 1 is 1.45 bits per heavy atom. The number of likely N-dealkylation sites (N-methyl/N-ethyl adjacent to an activating group) is 1. The van der Waals surface area contributed by atoms with Crippen LogP contribution in [-0.4, -0.2) is 59.1 Å². The highest BCUT2D eigenvalue weighted by molar-refractivity contribution is 5.86. The molecule has 0 radical (unpaired) electrons. The predicted octanol–water partition coefficient (Wildman–Crippen LogP) is 0.727. The molecule has 0 saturated carbocycles. The maximum Gasteiger partial charge on any atom is 0.239 e. The van der Waals surface area contributed by atoms with Gasteiger partial charge < -0.3 is 15.5 Å². The number of nitrogens with one attached hydrogen (secondary N) is 1. The molecule has 2 heterocycles. The van der Waals surface area contributed by atoms with Gasteiger partial charge in [-0.2, -0.15) is 5.10 Å². The first-order valence-electron chi connectivity index (χ1n) is 7.69. The van der Waals surface area contributed by atoms with E-state index in [2.05, 4.69) is 27.2 Å². The first kappa shape index (κ1) is 15.0. The zero-order valence-electron chi connectivity index (χ0n) is 13.2. The number of fused-ring (bicyclic) bond motifs is 3. The molecule has 2 aromatic rings. The fourth-order valence-corrected chi connectivity index (χ4v) is 2.99.